The van der Waals surface area contributed by atoms with Gasteiger partial charge in [-0.05, 0) is 129 Å². The van der Waals surface area contributed by atoms with Crippen LogP contribution in [0.15, 0.2) is 12.2 Å². The smallest absolute Gasteiger partial charge is 0.226 e. The van der Waals surface area contributed by atoms with E-state index in [2.05, 4.69) is 58.3 Å². The summed E-state index contributed by atoms with van der Waals surface area (Å²) in [5.41, 5.74) is 1.77. The summed E-state index contributed by atoms with van der Waals surface area (Å²) in [7, 11) is 0. The first-order valence-corrected chi connectivity index (χ1v) is 17.2. The molecule has 11 atom stereocenters. The average Bonchev–Trinajstić information content (AvgIpc) is 3.51. The normalized spacial score (nSPS) is 50.8. The van der Waals surface area contributed by atoms with Crippen molar-refractivity contribution in [2.24, 2.45) is 56.7 Å². The van der Waals surface area contributed by atoms with Crippen LogP contribution in [0.4, 0.5) is 0 Å². The number of nitrogens with zero attached hydrogens (tertiary/aromatic N) is 1. The van der Waals surface area contributed by atoms with E-state index in [4.69, 9.17) is 0 Å². The minimum atomic E-state index is -0.264. The maximum Gasteiger partial charge on any atom is 0.226 e. The topological polar surface area (TPSA) is 72.8 Å². The summed E-state index contributed by atoms with van der Waals surface area (Å²) in [4.78, 5) is 16.5. The Morgan fingerprint density at radius 3 is 2.32 bits per heavy atom. The summed E-state index contributed by atoms with van der Waals surface area (Å²) in [6.07, 6.45) is 11.8. The zero-order valence-corrected chi connectivity index (χ0v) is 27.1. The lowest BCUT2D eigenvalue weighted by molar-refractivity contribution is -0.246. The number of carbonyl (C=O) groups excluding carboxylic acids is 1. The molecule has 0 aromatic rings. The van der Waals surface area contributed by atoms with E-state index >= 15 is 0 Å². The van der Waals surface area contributed by atoms with Gasteiger partial charge in [-0.25, -0.2) is 0 Å². The molecule has 5 nitrogen and oxygen atoms in total. The zero-order chi connectivity index (χ0) is 29.6. The van der Waals surface area contributed by atoms with Crippen LogP contribution >= 0.6 is 0 Å². The third-order valence-corrected chi connectivity index (χ3v) is 15.5. The molecule has 0 spiro atoms. The van der Waals surface area contributed by atoms with Crippen molar-refractivity contribution in [1.82, 2.24) is 10.2 Å². The Labute approximate surface area is 250 Å². The van der Waals surface area contributed by atoms with Gasteiger partial charge in [0.25, 0.3) is 0 Å². The lowest BCUT2D eigenvalue weighted by Crippen LogP contribution is -2.67. The van der Waals surface area contributed by atoms with E-state index in [0.717, 1.165) is 64.6 Å². The van der Waals surface area contributed by atoms with Crippen molar-refractivity contribution in [2.45, 2.75) is 124 Å². The molecular weight excluding hydrogens is 508 g/mol. The molecule has 0 bridgehead atoms. The Morgan fingerprint density at radius 1 is 0.878 bits per heavy atom. The van der Waals surface area contributed by atoms with E-state index in [1.165, 1.54) is 31.3 Å². The SMILES string of the molecule is C=C(C)[C@@H]1CC[C@]2(C(=O)NCCN3CCC(O)C3)CC[C@]3(C)[C@H](CC[C@@H]4[C@@]5(C)CC[C@H](O)C(C)(C)[C@@H]5CC[C@]43C)[C@@H]12. The number of hydrogen-bond donors (Lipinski definition) is 3. The van der Waals surface area contributed by atoms with Crippen molar-refractivity contribution in [3.63, 3.8) is 0 Å². The Kier molecular flexibility index (Phi) is 7.39. The molecule has 1 unspecified atom stereocenters. The predicted octanol–water partition coefficient (Wildman–Crippen LogP) is 6.19. The molecule has 5 saturated carbocycles. The molecule has 41 heavy (non-hydrogen) atoms. The van der Waals surface area contributed by atoms with Crippen molar-refractivity contribution in [3.05, 3.63) is 12.2 Å². The highest BCUT2D eigenvalue weighted by Gasteiger charge is 2.71. The summed E-state index contributed by atoms with van der Waals surface area (Å²) in [6.45, 7) is 22.5. The fraction of sp³-hybridized carbons (Fsp3) is 0.917. The van der Waals surface area contributed by atoms with Gasteiger partial charge < -0.3 is 15.5 Å². The lowest BCUT2D eigenvalue weighted by atomic mass is 9.32. The quantitative estimate of drug-likeness (QED) is 0.346. The van der Waals surface area contributed by atoms with Gasteiger partial charge in [0, 0.05) is 26.2 Å². The van der Waals surface area contributed by atoms with Gasteiger partial charge in [0.15, 0.2) is 0 Å². The second-order valence-electron chi connectivity index (χ2n) is 17.2. The number of amides is 1. The molecule has 1 heterocycles. The summed E-state index contributed by atoms with van der Waals surface area (Å²) in [5, 5.41) is 24.4. The van der Waals surface area contributed by atoms with Crippen LogP contribution < -0.4 is 5.32 Å². The molecule has 0 radical (unpaired) electrons. The molecule has 5 heteroatoms. The predicted molar refractivity (Wildman–Crippen MR) is 165 cm³/mol. The van der Waals surface area contributed by atoms with Crippen LogP contribution in [-0.2, 0) is 4.79 Å². The van der Waals surface area contributed by atoms with Crippen LogP contribution in [0.2, 0.25) is 0 Å². The van der Waals surface area contributed by atoms with Crippen LogP contribution in [-0.4, -0.2) is 59.4 Å². The fourth-order valence-corrected chi connectivity index (χ4v) is 13.0. The third kappa shape index (κ3) is 4.20. The highest BCUT2D eigenvalue weighted by Crippen LogP contribution is 2.77. The van der Waals surface area contributed by atoms with Crippen molar-refractivity contribution in [3.8, 4) is 0 Å². The van der Waals surface area contributed by atoms with E-state index in [1.807, 2.05) is 0 Å². The van der Waals surface area contributed by atoms with Gasteiger partial charge in [-0.15, -0.1) is 0 Å². The molecule has 5 aliphatic carbocycles. The van der Waals surface area contributed by atoms with Crippen molar-refractivity contribution >= 4 is 5.91 Å². The Bertz CT molecular complexity index is 1060. The van der Waals surface area contributed by atoms with Gasteiger partial charge in [-0.2, -0.15) is 0 Å². The molecule has 6 aliphatic rings. The second-order valence-corrected chi connectivity index (χ2v) is 17.2. The number of hydrogen-bond acceptors (Lipinski definition) is 4. The number of β-amino-alcohol motifs (C(OH)–C–C–N with tert-alkyl or cyclic N) is 1. The Balaban J connectivity index is 1.28. The van der Waals surface area contributed by atoms with E-state index in [9.17, 15) is 15.0 Å². The standard InChI is InChI=1S/C36H60N2O3/c1-23(2)25-10-16-36(31(41)37-19-21-38-20-13-24(39)22-38)18-17-34(6)26(30(25)36)8-9-28-33(5)14-12-29(40)32(3,4)27(33)11-15-35(28,34)7/h24-30,39-40H,1,8-22H2,2-7H3,(H,37,41)/t24?,25-,26+,27-,28+,29-,30+,33-,34+,35+,36-/m0/s1. The molecule has 6 rings (SSSR count). The third-order valence-electron chi connectivity index (χ3n) is 15.5. The molecule has 1 saturated heterocycles. The van der Waals surface area contributed by atoms with Gasteiger partial charge in [-0.3, -0.25) is 9.69 Å². The monoisotopic (exact) mass is 568 g/mol. The number of aliphatic hydroxyl groups is 2. The number of aliphatic hydroxyl groups excluding tert-OH is 2. The summed E-state index contributed by atoms with van der Waals surface area (Å²) >= 11 is 0. The largest absolute Gasteiger partial charge is 0.393 e. The molecule has 0 aromatic heterocycles. The first-order chi connectivity index (χ1) is 19.2. The Hall–Kier alpha value is -0.910. The maximum atomic E-state index is 14.3. The van der Waals surface area contributed by atoms with E-state index < -0.39 is 0 Å². The zero-order valence-electron chi connectivity index (χ0n) is 27.1. The van der Waals surface area contributed by atoms with Crippen molar-refractivity contribution in [2.75, 3.05) is 26.2 Å². The summed E-state index contributed by atoms with van der Waals surface area (Å²) in [6, 6.07) is 0. The maximum absolute atomic E-state index is 14.3. The highest BCUT2D eigenvalue weighted by molar-refractivity contribution is 5.84. The van der Waals surface area contributed by atoms with E-state index in [0.29, 0.717) is 42.0 Å². The molecule has 1 amide bonds. The molecule has 232 valence electrons. The summed E-state index contributed by atoms with van der Waals surface area (Å²) < 4.78 is 0. The molecule has 3 N–H and O–H groups in total. The van der Waals surface area contributed by atoms with Gasteiger partial charge in [-0.1, -0.05) is 46.8 Å². The number of rotatable bonds is 5. The number of fused-ring (bicyclic) bond motifs is 7. The first kappa shape index (κ1) is 30.1. The highest BCUT2D eigenvalue weighted by atomic mass is 16.3. The average molecular weight is 569 g/mol. The first-order valence-electron chi connectivity index (χ1n) is 17.2. The van der Waals surface area contributed by atoms with Crippen molar-refractivity contribution in [1.29, 1.82) is 0 Å². The molecular formula is C36H60N2O3. The van der Waals surface area contributed by atoms with E-state index in [-0.39, 0.29) is 39.3 Å². The number of allylic oxidation sites excluding steroid dienone is 1. The van der Waals surface area contributed by atoms with E-state index in [1.54, 1.807) is 0 Å². The molecule has 6 fully saturated rings. The van der Waals surface area contributed by atoms with Crippen LogP contribution in [0.1, 0.15) is 112 Å². The second kappa shape index (κ2) is 10.1. The summed E-state index contributed by atoms with van der Waals surface area (Å²) in [5.74, 6) is 2.96. The van der Waals surface area contributed by atoms with Crippen LogP contribution in [0.5, 0.6) is 0 Å². The number of likely N-dealkylation sites (tertiary alicyclic amines) is 1. The van der Waals surface area contributed by atoms with Crippen molar-refractivity contribution < 1.29 is 15.0 Å². The van der Waals surface area contributed by atoms with Crippen LogP contribution in [0, 0.1) is 56.7 Å². The number of carbonyl (C=O) groups is 1. The molecule has 1 aliphatic heterocycles. The molecule has 0 aromatic carbocycles. The Morgan fingerprint density at radius 2 is 1.63 bits per heavy atom. The minimum absolute atomic E-state index is 0.0183. The fourth-order valence-electron chi connectivity index (χ4n) is 13.0. The van der Waals surface area contributed by atoms with Gasteiger partial charge >= 0.3 is 0 Å². The van der Waals surface area contributed by atoms with Gasteiger partial charge in [0.2, 0.25) is 5.91 Å². The number of nitrogens with one attached hydrogen (secondary N) is 1. The minimum Gasteiger partial charge on any atom is -0.393 e. The lowest BCUT2D eigenvalue weighted by Gasteiger charge is -2.72. The van der Waals surface area contributed by atoms with Gasteiger partial charge in [0.1, 0.15) is 0 Å². The van der Waals surface area contributed by atoms with Gasteiger partial charge in [0.05, 0.1) is 17.6 Å². The van der Waals surface area contributed by atoms with Crippen LogP contribution in [0.3, 0.4) is 0 Å². The van der Waals surface area contributed by atoms with Crippen LogP contribution in [0.25, 0.3) is 0 Å².